The van der Waals surface area contributed by atoms with Crippen LogP contribution >= 0.6 is 11.3 Å². The van der Waals surface area contributed by atoms with Gasteiger partial charge in [0, 0.05) is 12.1 Å². The van der Waals surface area contributed by atoms with E-state index in [1.807, 2.05) is 20.8 Å². The maximum absolute atomic E-state index is 11.8. The molecule has 1 aromatic rings. The fraction of sp³-hybridized carbons (Fsp3) is 0.714. The van der Waals surface area contributed by atoms with E-state index < -0.39 is 12.1 Å². The monoisotopic (exact) mass is 316 g/mol. The molecule has 0 fully saturated rings. The summed E-state index contributed by atoms with van der Waals surface area (Å²) < 4.78 is 10.4. The molecule has 0 saturated carbocycles. The largest absolute Gasteiger partial charge is 0.474 e. The maximum Gasteiger partial charge on any atom is 0.353 e. The first-order valence-corrected chi connectivity index (χ1v) is 7.75. The maximum atomic E-state index is 11.8. The zero-order chi connectivity index (χ0) is 16.0. The Kier molecular flexibility index (Phi) is 6.57. The van der Waals surface area contributed by atoms with Gasteiger partial charge in [0.25, 0.3) is 0 Å². The Morgan fingerprint density at radius 2 is 2.14 bits per heavy atom. The van der Waals surface area contributed by atoms with E-state index in [0.717, 1.165) is 5.01 Å². The Bertz CT molecular complexity index is 468. The van der Waals surface area contributed by atoms with Gasteiger partial charge in [0.15, 0.2) is 4.88 Å². The van der Waals surface area contributed by atoms with Crippen molar-refractivity contribution in [2.24, 2.45) is 0 Å². The minimum absolute atomic E-state index is 0.0681. The molecule has 0 bridgehead atoms. The summed E-state index contributed by atoms with van der Waals surface area (Å²) in [5, 5.41) is 13.8. The van der Waals surface area contributed by atoms with Gasteiger partial charge in [0.2, 0.25) is 5.88 Å². The predicted octanol–water partition coefficient (Wildman–Crippen LogP) is 1.76. The molecule has 0 aliphatic rings. The summed E-state index contributed by atoms with van der Waals surface area (Å²) >= 11 is 1.22. The van der Waals surface area contributed by atoms with Crippen molar-refractivity contribution >= 4 is 17.3 Å². The number of carbonyl (C=O) groups is 1. The van der Waals surface area contributed by atoms with Crippen LogP contribution in [-0.2, 0) is 4.74 Å². The number of nitrogens with zero attached hydrogens (tertiary/aromatic N) is 1. The lowest BCUT2D eigenvalue weighted by molar-refractivity contribution is 0.0520. The highest BCUT2D eigenvalue weighted by Crippen LogP contribution is 2.25. The van der Waals surface area contributed by atoms with Crippen molar-refractivity contribution in [1.29, 1.82) is 0 Å². The minimum Gasteiger partial charge on any atom is -0.474 e. The second-order valence-electron chi connectivity index (χ2n) is 5.68. The van der Waals surface area contributed by atoms with Gasteiger partial charge in [-0.2, -0.15) is 0 Å². The highest BCUT2D eigenvalue weighted by atomic mass is 32.1. The zero-order valence-electron chi connectivity index (χ0n) is 13.2. The molecule has 1 rings (SSSR count). The summed E-state index contributed by atoms with van der Waals surface area (Å²) in [5.41, 5.74) is -0.0751. The number of aliphatic hydroxyl groups excluding tert-OH is 1. The van der Waals surface area contributed by atoms with Gasteiger partial charge in [0.05, 0.1) is 11.6 Å². The van der Waals surface area contributed by atoms with Gasteiger partial charge in [-0.05, 0) is 34.6 Å². The Morgan fingerprint density at radius 1 is 1.48 bits per heavy atom. The molecule has 1 aromatic heterocycles. The first-order chi connectivity index (χ1) is 9.73. The van der Waals surface area contributed by atoms with E-state index >= 15 is 0 Å². The Morgan fingerprint density at radius 3 is 2.71 bits per heavy atom. The molecule has 21 heavy (non-hydrogen) atoms. The molecule has 0 radical (unpaired) electrons. The number of hydrogen-bond donors (Lipinski definition) is 2. The van der Waals surface area contributed by atoms with Crippen LogP contribution in [0.2, 0.25) is 0 Å². The van der Waals surface area contributed by atoms with Gasteiger partial charge in [-0.15, -0.1) is 11.3 Å². The van der Waals surface area contributed by atoms with Gasteiger partial charge in [0.1, 0.15) is 12.7 Å². The SMILES string of the molecule is CCOC(=O)c1sc(C)nc1OC[C@H](O)CNC(C)(C)C. The number of carbonyl (C=O) groups excluding carboxylic acids is 1. The number of aryl methyl sites for hydroxylation is 1. The lowest BCUT2D eigenvalue weighted by Crippen LogP contribution is -2.42. The highest BCUT2D eigenvalue weighted by molar-refractivity contribution is 7.13. The van der Waals surface area contributed by atoms with Crippen LogP contribution in [0.25, 0.3) is 0 Å². The summed E-state index contributed by atoms with van der Waals surface area (Å²) in [5.74, 6) is -0.217. The average molecular weight is 316 g/mol. The lowest BCUT2D eigenvalue weighted by atomic mass is 10.1. The number of aromatic nitrogens is 1. The first-order valence-electron chi connectivity index (χ1n) is 6.93. The quantitative estimate of drug-likeness (QED) is 0.746. The molecule has 0 amide bonds. The molecule has 1 heterocycles. The number of β-amino-alcohol motifs (C(OH)–C–C–N with tert-alkyl or cyclic N) is 1. The molecular formula is C14H24N2O4S. The van der Waals surface area contributed by atoms with Crippen molar-refractivity contribution in [2.75, 3.05) is 19.8 Å². The minimum atomic E-state index is -0.679. The normalized spacial score (nSPS) is 13.0. The predicted molar refractivity (Wildman–Crippen MR) is 82.1 cm³/mol. The Balaban J connectivity index is 2.57. The summed E-state index contributed by atoms with van der Waals surface area (Å²) in [6, 6.07) is 0. The fourth-order valence-corrected chi connectivity index (χ4v) is 2.25. The summed E-state index contributed by atoms with van der Waals surface area (Å²) in [6.07, 6.45) is -0.679. The summed E-state index contributed by atoms with van der Waals surface area (Å²) in [6.45, 7) is 10.4. The van der Waals surface area contributed by atoms with Crippen molar-refractivity contribution in [3.05, 3.63) is 9.88 Å². The van der Waals surface area contributed by atoms with Gasteiger partial charge in [-0.3, -0.25) is 0 Å². The zero-order valence-corrected chi connectivity index (χ0v) is 14.0. The van der Waals surface area contributed by atoms with E-state index in [2.05, 4.69) is 10.3 Å². The highest BCUT2D eigenvalue weighted by Gasteiger charge is 2.20. The van der Waals surface area contributed by atoms with Crippen LogP contribution in [0.15, 0.2) is 0 Å². The molecular weight excluding hydrogens is 292 g/mol. The van der Waals surface area contributed by atoms with Crippen molar-refractivity contribution in [1.82, 2.24) is 10.3 Å². The number of esters is 1. The molecule has 0 aliphatic heterocycles. The fourth-order valence-electron chi connectivity index (χ4n) is 1.49. The summed E-state index contributed by atoms with van der Waals surface area (Å²) in [7, 11) is 0. The van der Waals surface area contributed by atoms with E-state index in [4.69, 9.17) is 9.47 Å². The second kappa shape index (κ2) is 7.72. The molecule has 1 atom stereocenters. The standard InChI is InChI=1S/C14H24N2O4S/c1-6-19-13(18)11-12(16-9(2)21-11)20-8-10(17)7-15-14(3,4)5/h10,15,17H,6-8H2,1-5H3/t10-/m1/s1. The smallest absolute Gasteiger partial charge is 0.353 e. The van der Waals surface area contributed by atoms with E-state index in [-0.39, 0.29) is 18.0 Å². The molecule has 6 nitrogen and oxygen atoms in total. The molecule has 7 heteroatoms. The third-order valence-corrected chi connectivity index (χ3v) is 3.38. The number of hydrogen-bond acceptors (Lipinski definition) is 7. The topological polar surface area (TPSA) is 80.7 Å². The van der Waals surface area contributed by atoms with Crippen molar-refractivity contribution < 1.29 is 19.4 Å². The van der Waals surface area contributed by atoms with Crippen LogP contribution < -0.4 is 10.1 Å². The van der Waals surface area contributed by atoms with Crippen LogP contribution in [0, 0.1) is 6.92 Å². The first kappa shape index (κ1) is 17.9. The summed E-state index contributed by atoms with van der Waals surface area (Å²) in [4.78, 5) is 16.3. The molecule has 0 spiro atoms. The van der Waals surface area contributed by atoms with E-state index in [1.54, 1.807) is 13.8 Å². The van der Waals surface area contributed by atoms with E-state index in [1.165, 1.54) is 11.3 Å². The third-order valence-electron chi connectivity index (χ3n) is 2.44. The van der Waals surface area contributed by atoms with Crippen LogP contribution in [0.4, 0.5) is 0 Å². The van der Waals surface area contributed by atoms with E-state index in [9.17, 15) is 9.90 Å². The number of nitrogens with one attached hydrogen (secondary N) is 1. The Hall–Kier alpha value is -1.18. The number of rotatable bonds is 7. The number of ether oxygens (including phenoxy) is 2. The molecule has 0 aromatic carbocycles. The molecule has 0 saturated heterocycles. The molecule has 120 valence electrons. The van der Waals surface area contributed by atoms with Crippen molar-refractivity contribution in [3.63, 3.8) is 0 Å². The van der Waals surface area contributed by atoms with Crippen LogP contribution in [0.1, 0.15) is 42.4 Å². The average Bonchev–Trinajstić information content (AvgIpc) is 2.74. The van der Waals surface area contributed by atoms with Gasteiger partial charge >= 0.3 is 5.97 Å². The van der Waals surface area contributed by atoms with Crippen molar-refractivity contribution in [3.8, 4) is 5.88 Å². The van der Waals surface area contributed by atoms with Gasteiger partial charge in [-0.25, -0.2) is 9.78 Å². The second-order valence-corrected chi connectivity index (χ2v) is 6.89. The van der Waals surface area contributed by atoms with Gasteiger partial charge < -0.3 is 19.9 Å². The van der Waals surface area contributed by atoms with E-state index in [0.29, 0.717) is 18.0 Å². The molecule has 2 N–H and O–H groups in total. The van der Waals surface area contributed by atoms with Crippen LogP contribution in [0.5, 0.6) is 5.88 Å². The molecule has 0 unspecified atom stereocenters. The Labute approximate surface area is 129 Å². The van der Waals surface area contributed by atoms with Gasteiger partial charge in [-0.1, -0.05) is 0 Å². The van der Waals surface area contributed by atoms with Crippen molar-refractivity contribution in [2.45, 2.75) is 46.3 Å². The van der Waals surface area contributed by atoms with Crippen LogP contribution in [0.3, 0.4) is 0 Å². The van der Waals surface area contributed by atoms with Crippen LogP contribution in [-0.4, -0.2) is 47.5 Å². The lowest BCUT2D eigenvalue weighted by Gasteiger charge is -2.22. The number of aliphatic hydroxyl groups is 1. The molecule has 0 aliphatic carbocycles. The number of thiazole rings is 1. The third kappa shape index (κ3) is 6.41.